The van der Waals surface area contributed by atoms with Gasteiger partial charge in [-0.3, -0.25) is 9.59 Å². The van der Waals surface area contributed by atoms with E-state index in [9.17, 15) is 9.59 Å². The van der Waals surface area contributed by atoms with Gasteiger partial charge in [-0.2, -0.15) is 0 Å². The van der Waals surface area contributed by atoms with Gasteiger partial charge in [0.25, 0.3) is 0 Å². The number of nitrogens with one attached hydrogen (secondary N) is 1. The molecule has 2 aliphatic rings. The first-order valence-corrected chi connectivity index (χ1v) is 10.9. The van der Waals surface area contributed by atoms with Crippen molar-refractivity contribution in [1.82, 2.24) is 5.32 Å². The Kier molecular flexibility index (Phi) is 7.73. The molecule has 0 bridgehead atoms. The molecule has 0 unspecified atom stereocenters. The van der Waals surface area contributed by atoms with Crippen molar-refractivity contribution in [2.24, 2.45) is 11.8 Å². The van der Waals surface area contributed by atoms with E-state index in [1.165, 1.54) is 38.5 Å². The molecule has 0 radical (unpaired) electrons. The van der Waals surface area contributed by atoms with Gasteiger partial charge in [-0.1, -0.05) is 56.7 Å². The molecule has 0 atom stereocenters. The molecule has 0 heterocycles. The zero-order valence-electron chi connectivity index (χ0n) is 16.5. The maximum absolute atomic E-state index is 12.9. The number of hydrogen-bond acceptors (Lipinski definition) is 2. The molecule has 4 heteroatoms. The molecule has 4 nitrogen and oxygen atoms in total. The lowest BCUT2D eigenvalue weighted by molar-refractivity contribution is -0.124. The summed E-state index contributed by atoms with van der Waals surface area (Å²) in [6.07, 6.45) is 12.1. The predicted molar refractivity (Wildman–Crippen MR) is 110 cm³/mol. The summed E-state index contributed by atoms with van der Waals surface area (Å²) in [5.74, 6) is 1.36. The second-order valence-electron chi connectivity index (χ2n) is 8.20. The first kappa shape index (κ1) is 19.9. The SMILES string of the molecule is O=C(NCCCN(C(=O)CCC1CCCC1)c1ccccc1)C1CCCC1. The molecule has 1 N–H and O–H groups in total. The van der Waals surface area contributed by atoms with Gasteiger partial charge in [-0.05, 0) is 43.7 Å². The molecule has 0 aliphatic heterocycles. The fourth-order valence-electron chi connectivity index (χ4n) is 4.55. The summed E-state index contributed by atoms with van der Waals surface area (Å²) in [5.41, 5.74) is 0.969. The molecule has 3 rings (SSSR count). The van der Waals surface area contributed by atoms with Crippen LogP contribution in [-0.2, 0) is 9.59 Å². The first-order chi connectivity index (χ1) is 13.2. The van der Waals surface area contributed by atoms with E-state index in [1.807, 2.05) is 35.2 Å². The number of nitrogens with zero attached hydrogens (tertiary/aromatic N) is 1. The van der Waals surface area contributed by atoms with Crippen LogP contribution in [-0.4, -0.2) is 24.9 Å². The second kappa shape index (κ2) is 10.5. The molecule has 1 aromatic carbocycles. The molecular weight excluding hydrogens is 336 g/mol. The van der Waals surface area contributed by atoms with Gasteiger partial charge in [0.15, 0.2) is 0 Å². The average molecular weight is 371 g/mol. The van der Waals surface area contributed by atoms with Crippen molar-refractivity contribution >= 4 is 17.5 Å². The third-order valence-corrected chi connectivity index (χ3v) is 6.19. The smallest absolute Gasteiger partial charge is 0.226 e. The zero-order valence-corrected chi connectivity index (χ0v) is 16.5. The van der Waals surface area contributed by atoms with Crippen LogP contribution in [0.4, 0.5) is 5.69 Å². The number of rotatable bonds is 9. The second-order valence-corrected chi connectivity index (χ2v) is 8.20. The Morgan fingerprint density at radius 1 is 0.963 bits per heavy atom. The lowest BCUT2D eigenvalue weighted by Crippen LogP contribution is -2.35. The fraction of sp³-hybridized carbons (Fsp3) is 0.652. The number of amides is 2. The van der Waals surface area contributed by atoms with E-state index in [4.69, 9.17) is 0 Å². The van der Waals surface area contributed by atoms with Crippen molar-refractivity contribution in [3.63, 3.8) is 0 Å². The number of benzene rings is 1. The van der Waals surface area contributed by atoms with Crippen LogP contribution >= 0.6 is 0 Å². The van der Waals surface area contributed by atoms with Gasteiger partial charge in [0.1, 0.15) is 0 Å². The largest absolute Gasteiger partial charge is 0.356 e. The number of carbonyl (C=O) groups excluding carboxylic acids is 2. The third-order valence-electron chi connectivity index (χ3n) is 6.19. The summed E-state index contributed by atoms with van der Waals surface area (Å²) in [7, 11) is 0. The lowest BCUT2D eigenvalue weighted by atomic mass is 10.0. The Hall–Kier alpha value is -1.84. The average Bonchev–Trinajstić information content (AvgIpc) is 3.40. The Morgan fingerprint density at radius 3 is 2.33 bits per heavy atom. The van der Waals surface area contributed by atoms with E-state index in [2.05, 4.69) is 5.32 Å². The van der Waals surface area contributed by atoms with E-state index in [0.29, 0.717) is 19.5 Å². The van der Waals surface area contributed by atoms with Crippen molar-refractivity contribution in [2.75, 3.05) is 18.0 Å². The van der Waals surface area contributed by atoms with Crippen molar-refractivity contribution < 1.29 is 9.59 Å². The monoisotopic (exact) mass is 370 g/mol. The summed E-state index contributed by atoms with van der Waals surface area (Å²) < 4.78 is 0. The summed E-state index contributed by atoms with van der Waals surface area (Å²) in [6.45, 7) is 1.31. The maximum atomic E-state index is 12.9. The zero-order chi connectivity index (χ0) is 18.9. The van der Waals surface area contributed by atoms with Crippen LogP contribution in [0.2, 0.25) is 0 Å². The maximum Gasteiger partial charge on any atom is 0.226 e. The standard InChI is InChI=1S/C23H34N2O2/c26-22(16-15-19-9-4-5-10-19)25(21-13-2-1-3-14-21)18-8-17-24-23(27)20-11-6-7-12-20/h1-3,13-14,19-20H,4-12,15-18H2,(H,24,27). The molecular formula is C23H34N2O2. The molecule has 2 fully saturated rings. The molecule has 2 aliphatic carbocycles. The number of para-hydroxylation sites is 1. The van der Waals surface area contributed by atoms with E-state index < -0.39 is 0 Å². The van der Waals surface area contributed by atoms with Crippen LogP contribution < -0.4 is 10.2 Å². The fourth-order valence-corrected chi connectivity index (χ4v) is 4.55. The summed E-state index contributed by atoms with van der Waals surface area (Å²) in [5, 5.41) is 3.07. The van der Waals surface area contributed by atoms with Gasteiger partial charge in [-0.25, -0.2) is 0 Å². The highest BCUT2D eigenvalue weighted by atomic mass is 16.2. The van der Waals surface area contributed by atoms with Gasteiger partial charge in [0.05, 0.1) is 0 Å². The summed E-state index contributed by atoms with van der Waals surface area (Å²) in [6, 6.07) is 9.95. The van der Waals surface area contributed by atoms with E-state index in [-0.39, 0.29) is 17.7 Å². The quantitative estimate of drug-likeness (QED) is 0.641. The Balaban J connectivity index is 1.47. The van der Waals surface area contributed by atoms with Gasteiger partial charge >= 0.3 is 0 Å². The van der Waals surface area contributed by atoms with E-state index in [0.717, 1.165) is 37.3 Å². The number of anilines is 1. The summed E-state index contributed by atoms with van der Waals surface area (Å²) >= 11 is 0. The van der Waals surface area contributed by atoms with E-state index >= 15 is 0 Å². The normalized spacial score (nSPS) is 17.9. The highest BCUT2D eigenvalue weighted by Crippen LogP contribution is 2.29. The Labute approximate surface area is 163 Å². The van der Waals surface area contributed by atoms with Crippen LogP contribution in [0.15, 0.2) is 30.3 Å². The summed E-state index contributed by atoms with van der Waals surface area (Å²) in [4.78, 5) is 26.9. The molecule has 2 amide bonds. The lowest BCUT2D eigenvalue weighted by Gasteiger charge is -2.24. The highest BCUT2D eigenvalue weighted by Gasteiger charge is 2.23. The van der Waals surface area contributed by atoms with E-state index in [1.54, 1.807) is 0 Å². The minimum atomic E-state index is 0.200. The van der Waals surface area contributed by atoms with Crippen molar-refractivity contribution in [2.45, 2.75) is 70.6 Å². The molecule has 0 aromatic heterocycles. The molecule has 0 saturated heterocycles. The molecule has 1 aromatic rings. The molecule has 27 heavy (non-hydrogen) atoms. The van der Waals surface area contributed by atoms with Crippen molar-refractivity contribution in [3.8, 4) is 0 Å². The minimum absolute atomic E-state index is 0.200. The van der Waals surface area contributed by atoms with Crippen LogP contribution in [0.3, 0.4) is 0 Å². The van der Waals surface area contributed by atoms with Gasteiger partial charge in [-0.15, -0.1) is 0 Å². The third kappa shape index (κ3) is 6.08. The Bertz CT molecular complexity index is 590. The minimum Gasteiger partial charge on any atom is -0.356 e. The molecule has 2 saturated carbocycles. The van der Waals surface area contributed by atoms with Gasteiger partial charge in [0.2, 0.25) is 11.8 Å². The first-order valence-electron chi connectivity index (χ1n) is 10.9. The molecule has 0 spiro atoms. The van der Waals surface area contributed by atoms with Crippen LogP contribution in [0.25, 0.3) is 0 Å². The number of carbonyl (C=O) groups is 2. The highest BCUT2D eigenvalue weighted by molar-refractivity contribution is 5.93. The van der Waals surface area contributed by atoms with Crippen molar-refractivity contribution in [1.29, 1.82) is 0 Å². The topological polar surface area (TPSA) is 49.4 Å². The van der Waals surface area contributed by atoms with Gasteiger partial charge in [0, 0.05) is 31.1 Å². The van der Waals surface area contributed by atoms with Gasteiger partial charge < -0.3 is 10.2 Å². The molecule has 148 valence electrons. The van der Waals surface area contributed by atoms with Crippen LogP contribution in [0, 0.1) is 11.8 Å². The van der Waals surface area contributed by atoms with Crippen molar-refractivity contribution in [3.05, 3.63) is 30.3 Å². The number of hydrogen-bond donors (Lipinski definition) is 1. The van der Waals surface area contributed by atoms with Crippen LogP contribution in [0.1, 0.15) is 70.6 Å². The predicted octanol–water partition coefficient (Wildman–Crippen LogP) is 4.69. The Morgan fingerprint density at radius 2 is 1.63 bits per heavy atom. The van der Waals surface area contributed by atoms with Crippen LogP contribution in [0.5, 0.6) is 0 Å².